The number of likely N-dealkylation sites (N-methyl/N-ethyl adjacent to an activating group) is 1. The van der Waals surface area contributed by atoms with Gasteiger partial charge in [0, 0.05) is 32.9 Å². The SMILES string of the molecule is CN(Cc1cn(C)nn1)CC1CCCO1. The van der Waals surface area contributed by atoms with Gasteiger partial charge in [-0.2, -0.15) is 0 Å². The van der Waals surface area contributed by atoms with E-state index in [9.17, 15) is 0 Å². The number of hydrogen-bond donors (Lipinski definition) is 0. The number of nitrogens with zero attached hydrogens (tertiary/aromatic N) is 4. The standard InChI is InChI=1S/C10H18N4O/c1-13(8-10-4-3-5-15-10)6-9-7-14(2)12-11-9/h7,10H,3-6,8H2,1-2H3. The largest absolute Gasteiger partial charge is 0.377 e. The maximum Gasteiger partial charge on any atom is 0.0966 e. The molecule has 1 aromatic heterocycles. The Hall–Kier alpha value is -0.940. The Bertz CT molecular complexity index is 306. The van der Waals surface area contributed by atoms with Crippen molar-refractivity contribution in [2.75, 3.05) is 20.2 Å². The van der Waals surface area contributed by atoms with Gasteiger partial charge < -0.3 is 4.74 Å². The van der Waals surface area contributed by atoms with E-state index in [1.165, 1.54) is 12.8 Å². The van der Waals surface area contributed by atoms with Gasteiger partial charge in [0.05, 0.1) is 11.8 Å². The van der Waals surface area contributed by atoms with Crippen LogP contribution in [0.2, 0.25) is 0 Å². The molecule has 1 aliphatic heterocycles. The van der Waals surface area contributed by atoms with E-state index in [2.05, 4.69) is 22.3 Å². The average molecular weight is 210 g/mol. The van der Waals surface area contributed by atoms with Crippen LogP contribution in [0.15, 0.2) is 6.20 Å². The Morgan fingerprint density at radius 3 is 3.13 bits per heavy atom. The van der Waals surface area contributed by atoms with Gasteiger partial charge in [-0.3, -0.25) is 9.58 Å². The second kappa shape index (κ2) is 4.72. The van der Waals surface area contributed by atoms with Crippen LogP contribution < -0.4 is 0 Å². The van der Waals surface area contributed by atoms with E-state index >= 15 is 0 Å². The zero-order valence-corrected chi connectivity index (χ0v) is 9.39. The first-order valence-corrected chi connectivity index (χ1v) is 5.39. The molecule has 5 heteroatoms. The van der Waals surface area contributed by atoms with Crippen LogP contribution in [0.5, 0.6) is 0 Å². The van der Waals surface area contributed by atoms with Crippen molar-refractivity contribution in [2.45, 2.75) is 25.5 Å². The van der Waals surface area contributed by atoms with E-state index in [0.29, 0.717) is 6.10 Å². The average Bonchev–Trinajstić information content (AvgIpc) is 2.77. The second-order valence-electron chi connectivity index (χ2n) is 4.22. The molecule has 5 nitrogen and oxygen atoms in total. The van der Waals surface area contributed by atoms with Crippen LogP contribution in [0.4, 0.5) is 0 Å². The van der Waals surface area contributed by atoms with Crippen molar-refractivity contribution in [1.82, 2.24) is 19.9 Å². The summed E-state index contributed by atoms with van der Waals surface area (Å²) in [6.07, 6.45) is 4.74. The van der Waals surface area contributed by atoms with E-state index in [1.807, 2.05) is 13.2 Å². The smallest absolute Gasteiger partial charge is 0.0966 e. The second-order valence-corrected chi connectivity index (χ2v) is 4.22. The molecule has 2 heterocycles. The van der Waals surface area contributed by atoms with Crippen LogP contribution in [0.25, 0.3) is 0 Å². The summed E-state index contributed by atoms with van der Waals surface area (Å²) in [5.41, 5.74) is 1.01. The lowest BCUT2D eigenvalue weighted by atomic mass is 10.2. The van der Waals surface area contributed by atoms with Gasteiger partial charge in [0.1, 0.15) is 0 Å². The third kappa shape index (κ3) is 3.00. The summed E-state index contributed by atoms with van der Waals surface area (Å²) in [5, 5.41) is 7.97. The lowest BCUT2D eigenvalue weighted by molar-refractivity contribution is 0.0790. The van der Waals surface area contributed by atoms with Crippen molar-refractivity contribution >= 4 is 0 Å². The molecule has 1 aromatic rings. The van der Waals surface area contributed by atoms with E-state index in [0.717, 1.165) is 25.4 Å². The Kier molecular flexibility index (Phi) is 3.33. The number of aromatic nitrogens is 3. The molecule has 1 aliphatic rings. The normalized spacial score (nSPS) is 21.4. The topological polar surface area (TPSA) is 43.2 Å². The highest BCUT2D eigenvalue weighted by atomic mass is 16.5. The van der Waals surface area contributed by atoms with E-state index in [1.54, 1.807) is 4.68 Å². The molecule has 1 saturated heterocycles. The molecular weight excluding hydrogens is 192 g/mol. The molecule has 0 aromatic carbocycles. The Morgan fingerprint density at radius 1 is 1.67 bits per heavy atom. The summed E-state index contributed by atoms with van der Waals surface area (Å²) in [6, 6.07) is 0. The first-order chi connectivity index (χ1) is 7.24. The number of ether oxygens (including phenoxy) is 1. The zero-order chi connectivity index (χ0) is 10.7. The monoisotopic (exact) mass is 210 g/mol. The van der Waals surface area contributed by atoms with Crippen molar-refractivity contribution in [3.63, 3.8) is 0 Å². The van der Waals surface area contributed by atoms with Crippen LogP contribution in [0.3, 0.4) is 0 Å². The molecule has 0 N–H and O–H groups in total. The van der Waals surface area contributed by atoms with Crippen LogP contribution in [-0.4, -0.2) is 46.2 Å². The Balaban J connectivity index is 1.78. The van der Waals surface area contributed by atoms with Gasteiger partial charge in [0.25, 0.3) is 0 Å². The van der Waals surface area contributed by atoms with Gasteiger partial charge >= 0.3 is 0 Å². The predicted octanol–water partition coefficient (Wildman–Crippen LogP) is 0.426. The summed E-state index contributed by atoms with van der Waals surface area (Å²) in [4.78, 5) is 2.24. The molecule has 84 valence electrons. The van der Waals surface area contributed by atoms with Crippen molar-refractivity contribution < 1.29 is 4.74 Å². The van der Waals surface area contributed by atoms with Gasteiger partial charge in [-0.1, -0.05) is 5.21 Å². The molecule has 0 amide bonds. The molecule has 2 rings (SSSR count). The number of rotatable bonds is 4. The molecule has 0 spiro atoms. The lowest BCUT2D eigenvalue weighted by Gasteiger charge is -2.18. The molecule has 15 heavy (non-hydrogen) atoms. The summed E-state index contributed by atoms with van der Waals surface area (Å²) in [5.74, 6) is 0. The van der Waals surface area contributed by atoms with Crippen LogP contribution in [0, 0.1) is 0 Å². The summed E-state index contributed by atoms with van der Waals surface area (Å²) in [7, 11) is 3.98. The van der Waals surface area contributed by atoms with E-state index in [4.69, 9.17) is 4.74 Å². The molecule has 1 atom stereocenters. The first-order valence-electron chi connectivity index (χ1n) is 5.39. The van der Waals surface area contributed by atoms with Crippen molar-refractivity contribution in [1.29, 1.82) is 0 Å². The highest BCUT2D eigenvalue weighted by Gasteiger charge is 2.17. The number of aryl methyl sites for hydroxylation is 1. The number of hydrogen-bond acceptors (Lipinski definition) is 4. The van der Waals surface area contributed by atoms with Gasteiger partial charge in [0.2, 0.25) is 0 Å². The molecule has 0 radical (unpaired) electrons. The minimum absolute atomic E-state index is 0.409. The van der Waals surface area contributed by atoms with E-state index < -0.39 is 0 Å². The quantitative estimate of drug-likeness (QED) is 0.722. The molecule has 1 fully saturated rings. The molecular formula is C10H18N4O. The van der Waals surface area contributed by atoms with Gasteiger partial charge in [0.15, 0.2) is 0 Å². The minimum atomic E-state index is 0.409. The Labute approximate surface area is 90.0 Å². The van der Waals surface area contributed by atoms with Crippen molar-refractivity contribution in [3.05, 3.63) is 11.9 Å². The van der Waals surface area contributed by atoms with Crippen LogP contribution in [0.1, 0.15) is 18.5 Å². The fourth-order valence-corrected chi connectivity index (χ4v) is 1.94. The predicted molar refractivity (Wildman–Crippen MR) is 56.3 cm³/mol. The summed E-state index contributed by atoms with van der Waals surface area (Å²) < 4.78 is 7.31. The maximum absolute atomic E-state index is 5.58. The molecule has 0 bridgehead atoms. The summed E-state index contributed by atoms with van der Waals surface area (Å²) >= 11 is 0. The Morgan fingerprint density at radius 2 is 2.53 bits per heavy atom. The van der Waals surface area contributed by atoms with E-state index in [-0.39, 0.29) is 0 Å². The van der Waals surface area contributed by atoms with Crippen LogP contribution >= 0.6 is 0 Å². The maximum atomic E-state index is 5.58. The van der Waals surface area contributed by atoms with Gasteiger partial charge in [-0.25, -0.2) is 0 Å². The first kappa shape index (κ1) is 10.6. The highest BCUT2D eigenvalue weighted by Crippen LogP contribution is 2.13. The fourth-order valence-electron chi connectivity index (χ4n) is 1.94. The van der Waals surface area contributed by atoms with Gasteiger partial charge in [-0.15, -0.1) is 5.10 Å². The van der Waals surface area contributed by atoms with Crippen molar-refractivity contribution in [3.8, 4) is 0 Å². The summed E-state index contributed by atoms with van der Waals surface area (Å²) in [6.45, 7) is 2.74. The lowest BCUT2D eigenvalue weighted by Crippen LogP contribution is -2.28. The molecule has 0 aliphatic carbocycles. The molecule has 1 unspecified atom stereocenters. The third-order valence-electron chi connectivity index (χ3n) is 2.62. The third-order valence-corrected chi connectivity index (χ3v) is 2.62. The van der Waals surface area contributed by atoms with Gasteiger partial charge in [-0.05, 0) is 19.9 Å². The fraction of sp³-hybridized carbons (Fsp3) is 0.800. The molecule has 0 saturated carbocycles. The highest BCUT2D eigenvalue weighted by molar-refractivity contribution is 4.91. The van der Waals surface area contributed by atoms with Crippen molar-refractivity contribution in [2.24, 2.45) is 7.05 Å². The van der Waals surface area contributed by atoms with Crippen LogP contribution in [-0.2, 0) is 18.3 Å². The minimum Gasteiger partial charge on any atom is -0.377 e. The zero-order valence-electron chi connectivity index (χ0n) is 9.39.